The van der Waals surface area contributed by atoms with Crippen molar-refractivity contribution in [1.82, 2.24) is 5.32 Å². The smallest absolute Gasteiger partial charge is 0.0574 e. The number of benzene rings is 1. The third-order valence-electron chi connectivity index (χ3n) is 4.07. The van der Waals surface area contributed by atoms with Gasteiger partial charge in [-0.15, -0.1) is 0 Å². The van der Waals surface area contributed by atoms with E-state index in [2.05, 4.69) is 12.2 Å². The molecule has 1 aliphatic rings. The second kappa shape index (κ2) is 8.16. The van der Waals surface area contributed by atoms with Crippen LogP contribution in [0.2, 0.25) is 5.02 Å². The SMILES string of the molecule is CCCNC1CCCC1CCS(=O)c1ccccc1Cl. The first-order valence-electron chi connectivity index (χ1n) is 7.58. The van der Waals surface area contributed by atoms with Gasteiger partial charge < -0.3 is 5.32 Å². The van der Waals surface area contributed by atoms with Crippen molar-refractivity contribution in [2.45, 2.75) is 50.0 Å². The summed E-state index contributed by atoms with van der Waals surface area (Å²) in [5.41, 5.74) is 0. The molecule has 1 aromatic rings. The second-order valence-electron chi connectivity index (χ2n) is 5.52. The van der Waals surface area contributed by atoms with E-state index in [9.17, 15) is 4.21 Å². The van der Waals surface area contributed by atoms with E-state index in [1.807, 2.05) is 24.3 Å². The lowest BCUT2D eigenvalue weighted by Crippen LogP contribution is -2.33. The zero-order chi connectivity index (χ0) is 14.4. The Morgan fingerprint density at radius 3 is 2.90 bits per heavy atom. The normalized spacial score (nSPS) is 23.9. The van der Waals surface area contributed by atoms with E-state index in [1.165, 1.54) is 25.7 Å². The molecule has 1 saturated carbocycles. The van der Waals surface area contributed by atoms with Gasteiger partial charge in [-0.1, -0.05) is 37.1 Å². The molecule has 20 heavy (non-hydrogen) atoms. The number of nitrogens with one attached hydrogen (secondary N) is 1. The van der Waals surface area contributed by atoms with Crippen LogP contribution in [0.3, 0.4) is 0 Å². The van der Waals surface area contributed by atoms with E-state index < -0.39 is 10.8 Å². The van der Waals surface area contributed by atoms with Crippen LogP contribution in [0.25, 0.3) is 0 Å². The minimum Gasteiger partial charge on any atom is -0.314 e. The Labute approximate surface area is 129 Å². The van der Waals surface area contributed by atoms with Crippen molar-refractivity contribution in [1.29, 1.82) is 0 Å². The van der Waals surface area contributed by atoms with Gasteiger partial charge in [-0.05, 0) is 50.3 Å². The average molecular weight is 314 g/mol. The molecule has 1 fully saturated rings. The number of halogens is 1. The van der Waals surface area contributed by atoms with Crippen LogP contribution in [-0.2, 0) is 10.8 Å². The van der Waals surface area contributed by atoms with E-state index in [-0.39, 0.29) is 0 Å². The molecule has 0 aromatic heterocycles. The van der Waals surface area contributed by atoms with Crippen LogP contribution in [0.5, 0.6) is 0 Å². The Balaban J connectivity index is 1.85. The van der Waals surface area contributed by atoms with Crippen LogP contribution < -0.4 is 5.32 Å². The van der Waals surface area contributed by atoms with E-state index in [0.717, 1.165) is 23.6 Å². The van der Waals surface area contributed by atoms with Gasteiger partial charge in [0.15, 0.2) is 0 Å². The maximum absolute atomic E-state index is 12.3. The zero-order valence-corrected chi connectivity index (χ0v) is 13.7. The molecular weight excluding hydrogens is 290 g/mol. The zero-order valence-electron chi connectivity index (χ0n) is 12.1. The first-order valence-corrected chi connectivity index (χ1v) is 9.28. The Hall–Kier alpha value is -0.380. The van der Waals surface area contributed by atoms with Crippen LogP contribution in [0.1, 0.15) is 39.0 Å². The quantitative estimate of drug-likeness (QED) is 0.824. The summed E-state index contributed by atoms with van der Waals surface area (Å²) in [6.07, 6.45) is 6.03. The molecular formula is C16H24ClNOS. The van der Waals surface area contributed by atoms with E-state index >= 15 is 0 Å². The highest BCUT2D eigenvalue weighted by molar-refractivity contribution is 7.85. The van der Waals surface area contributed by atoms with Gasteiger partial charge in [0.2, 0.25) is 0 Å². The van der Waals surface area contributed by atoms with Crippen LogP contribution in [0.15, 0.2) is 29.2 Å². The fraction of sp³-hybridized carbons (Fsp3) is 0.625. The highest BCUT2D eigenvalue weighted by Crippen LogP contribution is 2.29. The average Bonchev–Trinajstić information content (AvgIpc) is 2.90. The largest absolute Gasteiger partial charge is 0.314 e. The Morgan fingerprint density at radius 2 is 2.15 bits per heavy atom. The van der Waals surface area contributed by atoms with Gasteiger partial charge in [-0.3, -0.25) is 4.21 Å². The third kappa shape index (κ3) is 4.31. The standard InChI is InChI=1S/C16H24ClNOS/c1-2-11-18-15-8-5-6-13(15)10-12-20(19)16-9-4-3-7-14(16)17/h3-4,7,9,13,15,18H,2,5-6,8,10-12H2,1H3. The lowest BCUT2D eigenvalue weighted by molar-refractivity contribution is 0.393. The minimum absolute atomic E-state index is 0.623. The van der Waals surface area contributed by atoms with Gasteiger partial charge in [0.1, 0.15) is 0 Å². The van der Waals surface area contributed by atoms with Crippen molar-refractivity contribution < 1.29 is 4.21 Å². The van der Waals surface area contributed by atoms with Gasteiger partial charge in [-0.25, -0.2) is 0 Å². The molecule has 1 aromatic carbocycles. The Kier molecular flexibility index (Phi) is 6.53. The molecule has 0 amide bonds. The monoisotopic (exact) mass is 313 g/mol. The van der Waals surface area contributed by atoms with Gasteiger partial charge in [0.25, 0.3) is 0 Å². The van der Waals surface area contributed by atoms with Crippen molar-refractivity contribution in [2.75, 3.05) is 12.3 Å². The van der Waals surface area contributed by atoms with Crippen molar-refractivity contribution in [3.8, 4) is 0 Å². The summed E-state index contributed by atoms with van der Waals surface area (Å²) in [6, 6.07) is 8.10. The predicted molar refractivity (Wildman–Crippen MR) is 86.8 cm³/mol. The number of hydrogen-bond donors (Lipinski definition) is 1. The maximum atomic E-state index is 12.3. The molecule has 0 radical (unpaired) electrons. The summed E-state index contributed by atoms with van der Waals surface area (Å²) >= 11 is 6.11. The third-order valence-corrected chi connectivity index (χ3v) is 5.97. The van der Waals surface area contributed by atoms with E-state index in [1.54, 1.807) is 0 Å². The van der Waals surface area contributed by atoms with Gasteiger partial charge >= 0.3 is 0 Å². The molecule has 1 N–H and O–H groups in total. The highest BCUT2D eigenvalue weighted by Gasteiger charge is 2.26. The van der Waals surface area contributed by atoms with E-state index in [4.69, 9.17) is 11.6 Å². The summed E-state index contributed by atoms with van der Waals surface area (Å²) in [6.45, 7) is 3.29. The Morgan fingerprint density at radius 1 is 1.35 bits per heavy atom. The molecule has 1 aliphatic carbocycles. The fourth-order valence-electron chi connectivity index (χ4n) is 2.98. The number of rotatable bonds is 7. The van der Waals surface area contributed by atoms with E-state index in [0.29, 0.717) is 17.0 Å². The molecule has 4 heteroatoms. The van der Waals surface area contributed by atoms with Gasteiger partial charge in [0.05, 0.1) is 20.7 Å². The molecule has 2 rings (SSSR count). The minimum atomic E-state index is -0.971. The summed E-state index contributed by atoms with van der Waals surface area (Å²) in [5, 5.41) is 4.25. The molecule has 2 nitrogen and oxygen atoms in total. The fourth-order valence-corrected chi connectivity index (χ4v) is 4.63. The summed E-state index contributed by atoms with van der Waals surface area (Å²) in [4.78, 5) is 0.783. The van der Waals surface area contributed by atoms with Gasteiger partial charge in [-0.2, -0.15) is 0 Å². The molecule has 0 saturated heterocycles. The first kappa shape index (κ1) is 16.0. The molecule has 112 valence electrons. The van der Waals surface area contributed by atoms with Gasteiger partial charge in [0, 0.05) is 11.8 Å². The second-order valence-corrected chi connectivity index (χ2v) is 7.47. The van der Waals surface area contributed by atoms with Crippen LogP contribution in [0, 0.1) is 5.92 Å². The summed E-state index contributed by atoms with van der Waals surface area (Å²) in [7, 11) is -0.971. The lowest BCUT2D eigenvalue weighted by atomic mass is 10.0. The molecule has 3 unspecified atom stereocenters. The number of hydrogen-bond acceptors (Lipinski definition) is 2. The van der Waals surface area contributed by atoms with Crippen LogP contribution in [-0.4, -0.2) is 22.5 Å². The van der Waals surface area contributed by atoms with Crippen molar-refractivity contribution in [3.63, 3.8) is 0 Å². The predicted octanol–water partition coefficient (Wildman–Crippen LogP) is 4.01. The highest BCUT2D eigenvalue weighted by atomic mass is 35.5. The lowest BCUT2D eigenvalue weighted by Gasteiger charge is -2.20. The summed E-state index contributed by atoms with van der Waals surface area (Å²) in [5.74, 6) is 1.40. The topological polar surface area (TPSA) is 29.1 Å². The van der Waals surface area contributed by atoms with Crippen molar-refractivity contribution >= 4 is 22.4 Å². The molecule has 0 heterocycles. The van der Waals surface area contributed by atoms with Crippen LogP contribution in [0.4, 0.5) is 0 Å². The molecule has 0 bridgehead atoms. The molecule has 0 spiro atoms. The molecule has 0 aliphatic heterocycles. The van der Waals surface area contributed by atoms with Crippen LogP contribution >= 0.6 is 11.6 Å². The maximum Gasteiger partial charge on any atom is 0.0574 e. The van der Waals surface area contributed by atoms with Crippen molar-refractivity contribution in [2.24, 2.45) is 5.92 Å². The molecule has 3 atom stereocenters. The Bertz CT molecular complexity index is 452. The summed E-state index contributed by atoms with van der Waals surface area (Å²) < 4.78 is 12.3. The first-order chi connectivity index (χ1) is 9.72. The van der Waals surface area contributed by atoms with Crippen molar-refractivity contribution in [3.05, 3.63) is 29.3 Å².